The molecule has 0 aliphatic rings. The van der Waals surface area contributed by atoms with Crippen molar-refractivity contribution in [3.8, 4) is 0 Å². The van der Waals surface area contributed by atoms with Gasteiger partial charge in [0.1, 0.15) is 0 Å². The first-order valence-electron chi connectivity index (χ1n) is 8.91. The fraction of sp³-hybridized carbons (Fsp3) is 0.136. The van der Waals surface area contributed by atoms with Crippen molar-refractivity contribution in [1.82, 2.24) is 0 Å². The summed E-state index contributed by atoms with van der Waals surface area (Å²) in [6.07, 6.45) is 0. The highest BCUT2D eigenvalue weighted by atomic mass is 32.1. The van der Waals surface area contributed by atoms with Crippen molar-refractivity contribution in [3.63, 3.8) is 0 Å². The summed E-state index contributed by atoms with van der Waals surface area (Å²) in [5.41, 5.74) is 3.54. The van der Waals surface area contributed by atoms with E-state index in [2.05, 4.69) is 10.6 Å². The minimum absolute atomic E-state index is 0.243. The smallest absolute Gasteiger partial charge is 0.338 e. The number of amides is 2. The van der Waals surface area contributed by atoms with Gasteiger partial charge < -0.3 is 15.4 Å². The number of esters is 1. The zero-order valence-corrected chi connectivity index (χ0v) is 16.8. The van der Waals surface area contributed by atoms with Crippen LogP contribution < -0.4 is 10.6 Å². The van der Waals surface area contributed by atoms with E-state index >= 15 is 0 Å². The molecule has 2 N–H and O–H groups in total. The van der Waals surface area contributed by atoms with Crippen molar-refractivity contribution in [3.05, 3.63) is 81.5 Å². The molecule has 6 nitrogen and oxygen atoms in total. The average molecular weight is 408 g/mol. The number of thiophene rings is 1. The number of hydrogen-bond donors (Lipinski definition) is 2. The van der Waals surface area contributed by atoms with E-state index in [0.717, 1.165) is 11.1 Å². The van der Waals surface area contributed by atoms with Crippen molar-refractivity contribution in [2.45, 2.75) is 13.8 Å². The summed E-state index contributed by atoms with van der Waals surface area (Å²) in [5.74, 6) is -1.32. The number of anilines is 2. The minimum Gasteiger partial charge on any atom is -0.452 e. The lowest BCUT2D eigenvalue weighted by Gasteiger charge is -2.09. The molecule has 0 atom stereocenters. The molecule has 3 aromatic rings. The van der Waals surface area contributed by atoms with E-state index in [1.54, 1.807) is 36.4 Å². The monoisotopic (exact) mass is 408 g/mol. The average Bonchev–Trinajstić information content (AvgIpc) is 3.24. The van der Waals surface area contributed by atoms with E-state index < -0.39 is 18.5 Å². The number of carbonyl (C=O) groups is 3. The van der Waals surface area contributed by atoms with E-state index in [1.807, 2.05) is 31.4 Å². The van der Waals surface area contributed by atoms with Crippen LogP contribution in [0, 0.1) is 13.8 Å². The van der Waals surface area contributed by atoms with E-state index in [4.69, 9.17) is 4.74 Å². The summed E-state index contributed by atoms with van der Waals surface area (Å²) in [5, 5.41) is 7.24. The number of aryl methyl sites for hydroxylation is 2. The van der Waals surface area contributed by atoms with E-state index in [9.17, 15) is 14.4 Å². The van der Waals surface area contributed by atoms with Gasteiger partial charge in [-0.05, 0) is 66.8 Å². The number of ether oxygens (including phenoxy) is 1. The van der Waals surface area contributed by atoms with Crippen LogP contribution >= 0.6 is 11.3 Å². The summed E-state index contributed by atoms with van der Waals surface area (Å²) in [4.78, 5) is 37.0. The van der Waals surface area contributed by atoms with Crippen LogP contribution in [-0.2, 0) is 9.53 Å². The summed E-state index contributed by atoms with van der Waals surface area (Å²) in [7, 11) is 0. The van der Waals surface area contributed by atoms with Crippen LogP contribution in [0.4, 0.5) is 11.4 Å². The molecule has 29 heavy (non-hydrogen) atoms. The molecule has 0 fully saturated rings. The minimum atomic E-state index is -0.646. The Hall–Kier alpha value is -3.45. The number of rotatable bonds is 6. The molecule has 0 radical (unpaired) electrons. The Bertz CT molecular complexity index is 1040. The van der Waals surface area contributed by atoms with Gasteiger partial charge in [0, 0.05) is 11.4 Å². The Morgan fingerprint density at radius 1 is 0.897 bits per heavy atom. The van der Waals surface area contributed by atoms with Crippen LogP contribution in [0.1, 0.15) is 31.2 Å². The lowest BCUT2D eigenvalue weighted by Crippen LogP contribution is -2.21. The van der Waals surface area contributed by atoms with Crippen molar-refractivity contribution < 1.29 is 19.1 Å². The Balaban J connectivity index is 1.55. The van der Waals surface area contributed by atoms with Gasteiger partial charge in [0.25, 0.3) is 11.8 Å². The molecule has 2 aromatic carbocycles. The first kappa shape index (κ1) is 20.3. The summed E-state index contributed by atoms with van der Waals surface area (Å²) in [6.45, 7) is 3.53. The Kier molecular flexibility index (Phi) is 6.41. The Labute approximate surface area is 172 Å². The first-order chi connectivity index (χ1) is 13.9. The molecule has 148 valence electrons. The predicted octanol–water partition coefficient (Wildman–Crippen LogP) is 4.41. The maximum atomic E-state index is 12.3. The van der Waals surface area contributed by atoms with E-state index in [0.29, 0.717) is 16.3 Å². The standard InChI is InChI=1S/C22H20N2O4S/c1-14-8-9-18(11-15(14)2)23-20(25)13-28-22(27)16-5-3-6-17(12-16)24-21(26)19-7-4-10-29-19/h3-12H,13H2,1-2H3,(H,23,25)(H,24,26). The molecular formula is C22H20N2O4S. The molecule has 0 unspecified atom stereocenters. The van der Waals surface area contributed by atoms with Crippen LogP contribution in [0.25, 0.3) is 0 Å². The predicted molar refractivity (Wildman–Crippen MR) is 114 cm³/mol. The highest BCUT2D eigenvalue weighted by molar-refractivity contribution is 7.12. The first-order valence-corrected chi connectivity index (χ1v) is 9.79. The van der Waals surface area contributed by atoms with E-state index in [-0.39, 0.29) is 11.5 Å². The van der Waals surface area contributed by atoms with Gasteiger partial charge in [-0.15, -0.1) is 11.3 Å². The molecule has 7 heteroatoms. The second kappa shape index (κ2) is 9.16. The molecule has 2 amide bonds. The summed E-state index contributed by atoms with van der Waals surface area (Å²) in [6, 6.07) is 15.4. The molecule has 0 saturated carbocycles. The van der Waals surface area contributed by atoms with Gasteiger partial charge in [-0.25, -0.2) is 4.79 Å². The highest BCUT2D eigenvalue weighted by Gasteiger charge is 2.13. The van der Waals surface area contributed by atoms with Crippen molar-refractivity contribution in [1.29, 1.82) is 0 Å². The summed E-state index contributed by atoms with van der Waals surface area (Å²) < 4.78 is 5.09. The Morgan fingerprint density at radius 2 is 1.69 bits per heavy atom. The van der Waals surface area contributed by atoms with Crippen LogP contribution in [0.2, 0.25) is 0 Å². The van der Waals surface area contributed by atoms with Crippen molar-refractivity contribution in [2.24, 2.45) is 0 Å². The van der Waals surface area contributed by atoms with Gasteiger partial charge in [0.15, 0.2) is 6.61 Å². The van der Waals surface area contributed by atoms with Gasteiger partial charge in [0.05, 0.1) is 10.4 Å². The third-order valence-electron chi connectivity index (χ3n) is 4.23. The van der Waals surface area contributed by atoms with Crippen LogP contribution in [-0.4, -0.2) is 24.4 Å². The second-order valence-corrected chi connectivity index (χ2v) is 7.38. The quantitative estimate of drug-likeness (QED) is 0.592. The number of carbonyl (C=O) groups excluding carboxylic acids is 3. The lowest BCUT2D eigenvalue weighted by molar-refractivity contribution is -0.119. The molecule has 0 spiro atoms. The third-order valence-corrected chi connectivity index (χ3v) is 5.09. The van der Waals surface area contributed by atoms with Crippen LogP contribution in [0.3, 0.4) is 0 Å². The fourth-order valence-electron chi connectivity index (χ4n) is 2.56. The third kappa shape index (κ3) is 5.52. The number of benzene rings is 2. The van der Waals surface area contributed by atoms with Gasteiger partial charge in [-0.2, -0.15) is 0 Å². The number of nitrogens with one attached hydrogen (secondary N) is 2. The lowest BCUT2D eigenvalue weighted by atomic mass is 10.1. The summed E-state index contributed by atoms with van der Waals surface area (Å²) >= 11 is 1.33. The molecule has 0 bridgehead atoms. The molecular weight excluding hydrogens is 388 g/mol. The Morgan fingerprint density at radius 3 is 2.41 bits per heavy atom. The fourth-order valence-corrected chi connectivity index (χ4v) is 3.17. The van der Waals surface area contributed by atoms with Crippen molar-refractivity contribution >= 4 is 40.5 Å². The molecule has 3 rings (SSSR count). The van der Waals surface area contributed by atoms with Crippen molar-refractivity contribution in [2.75, 3.05) is 17.2 Å². The maximum absolute atomic E-state index is 12.3. The van der Waals surface area contributed by atoms with E-state index in [1.165, 1.54) is 17.4 Å². The largest absolute Gasteiger partial charge is 0.452 e. The van der Waals surface area contributed by atoms with Gasteiger partial charge in [0.2, 0.25) is 0 Å². The molecule has 0 aliphatic heterocycles. The van der Waals surface area contributed by atoms with Crippen LogP contribution in [0.15, 0.2) is 60.0 Å². The highest BCUT2D eigenvalue weighted by Crippen LogP contribution is 2.16. The normalized spacial score (nSPS) is 10.3. The van der Waals surface area contributed by atoms with Crippen LogP contribution in [0.5, 0.6) is 0 Å². The topological polar surface area (TPSA) is 84.5 Å². The molecule has 1 aromatic heterocycles. The molecule has 0 saturated heterocycles. The zero-order valence-electron chi connectivity index (χ0n) is 16.0. The van der Waals surface area contributed by atoms with Gasteiger partial charge in [-0.1, -0.05) is 18.2 Å². The SMILES string of the molecule is Cc1ccc(NC(=O)COC(=O)c2cccc(NC(=O)c3cccs3)c2)cc1C. The molecule has 0 aliphatic carbocycles. The molecule has 1 heterocycles. The van der Waals surface area contributed by atoms with Gasteiger partial charge in [-0.3, -0.25) is 9.59 Å². The zero-order chi connectivity index (χ0) is 20.8. The number of hydrogen-bond acceptors (Lipinski definition) is 5. The second-order valence-electron chi connectivity index (χ2n) is 6.44. The van der Waals surface area contributed by atoms with Gasteiger partial charge >= 0.3 is 5.97 Å². The maximum Gasteiger partial charge on any atom is 0.338 e.